The van der Waals surface area contributed by atoms with Crippen molar-refractivity contribution in [2.24, 2.45) is 0 Å². The van der Waals surface area contributed by atoms with E-state index in [9.17, 15) is 0 Å². The van der Waals surface area contributed by atoms with Crippen LogP contribution >= 0.6 is 0 Å². The van der Waals surface area contributed by atoms with E-state index in [0.29, 0.717) is 0 Å². The molecule has 1 aliphatic carbocycles. The van der Waals surface area contributed by atoms with Crippen LogP contribution in [-0.4, -0.2) is 9.52 Å². The van der Waals surface area contributed by atoms with Gasteiger partial charge >= 0.3 is 0 Å². The summed E-state index contributed by atoms with van der Waals surface area (Å²) in [6, 6.07) is 18.5. The van der Waals surface area contributed by atoms with E-state index in [0.717, 1.165) is 0 Å². The fraction of sp³-hybridized carbons (Fsp3) is 0.385. The van der Waals surface area contributed by atoms with Gasteiger partial charge < -0.3 is 0 Å². The Kier molecular flexibility index (Phi) is 5.91. The van der Waals surface area contributed by atoms with Gasteiger partial charge in [-0.25, -0.2) is 0 Å². The lowest BCUT2D eigenvalue weighted by atomic mass is 9.72. The molecule has 1 unspecified atom stereocenters. The predicted octanol–water partition coefficient (Wildman–Crippen LogP) is 5.85. The Labute approximate surface area is 168 Å². The maximum Gasteiger partial charge on any atom is 0.0843 e. The Bertz CT molecular complexity index is 865. The minimum atomic E-state index is -0.527. The van der Waals surface area contributed by atoms with Crippen LogP contribution in [0, 0.1) is 13.8 Å². The van der Waals surface area contributed by atoms with Crippen LogP contribution in [0.25, 0.3) is 0 Å². The third-order valence-electron chi connectivity index (χ3n) is 6.57. The summed E-state index contributed by atoms with van der Waals surface area (Å²) in [6.07, 6.45) is 3.76. The van der Waals surface area contributed by atoms with Gasteiger partial charge in [-0.2, -0.15) is 0 Å². The average Bonchev–Trinajstić information content (AvgIpc) is 2.82. The highest BCUT2D eigenvalue weighted by molar-refractivity contribution is 6.62. The smallest absolute Gasteiger partial charge is 0.0654 e. The first-order valence-electron chi connectivity index (χ1n) is 10.4. The van der Waals surface area contributed by atoms with Gasteiger partial charge in [-0.15, -0.1) is 0 Å². The Morgan fingerprint density at radius 3 is 2.04 bits per heavy atom. The van der Waals surface area contributed by atoms with Gasteiger partial charge in [0.1, 0.15) is 0 Å². The number of unbranched alkanes of at least 4 members (excludes halogenated alkanes) is 1. The number of aryl methyl sites for hydroxylation is 2. The standard InChI is InChI=1S/C26H34Si/c1-7-8-14-26(23-12-10-9-11-13-23)22(6)20(4)21(5)25(26)27-24-16-18(2)15-19(3)17-24/h9-13,15-17H,7-8,14,27H2,1-6H3. The minimum absolute atomic E-state index is 0.120. The third kappa shape index (κ3) is 3.62. The van der Waals surface area contributed by atoms with Crippen LogP contribution in [-0.2, 0) is 5.41 Å². The molecular weight excluding hydrogens is 340 g/mol. The molecule has 1 heteroatoms. The van der Waals surface area contributed by atoms with Crippen molar-refractivity contribution in [3.63, 3.8) is 0 Å². The van der Waals surface area contributed by atoms with E-state index in [2.05, 4.69) is 90.1 Å². The summed E-state index contributed by atoms with van der Waals surface area (Å²) in [5.41, 5.74) is 9.10. The Hall–Kier alpha value is -1.86. The minimum Gasteiger partial charge on any atom is -0.0654 e. The first-order chi connectivity index (χ1) is 12.9. The fourth-order valence-corrected chi connectivity index (χ4v) is 7.81. The molecule has 0 radical (unpaired) electrons. The summed E-state index contributed by atoms with van der Waals surface area (Å²) in [6.45, 7) is 13.9. The van der Waals surface area contributed by atoms with Crippen molar-refractivity contribution in [3.05, 3.63) is 87.1 Å². The fourth-order valence-electron chi connectivity index (χ4n) is 5.07. The molecule has 1 atom stereocenters. The summed E-state index contributed by atoms with van der Waals surface area (Å²) in [5, 5.41) is 3.34. The van der Waals surface area contributed by atoms with Crippen molar-refractivity contribution >= 4 is 14.7 Å². The van der Waals surface area contributed by atoms with Gasteiger partial charge in [0.05, 0.1) is 9.52 Å². The van der Waals surface area contributed by atoms with Crippen molar-refractivity contribution in [2.45, 2.75) is 66.2 Å². The zero-order valence-electron chi connectivity index (χ0n) is 17.9. The first kappa shape index (κ1) is 19.9. The van der Waals surface area contributed by atoms with Crippen LogP contribution in [0.1, 0.15) is 63.6 Å². The van der Waals surface area contributed by atoms with Crippen molar-refractivity contribution in [1.82, 2.24) is 0 Å². The molecule has 0 aliphatic heterocycles. The van der Waals surface area contributed by atoms with Crippen LogP contribution in [0.5, 0.6) is 0 Å². The predicted molar refractivity (Wildman–Crippen MR) is 123 cm³/mol. The first-order valence-corrected chi connectivity index (χ1v) is 11.8. The Balaban J connectivity index is 2.16. The highest BCUT2D eigenvalue weighted by Gasteiger charge is 2.43. The summed E-state index contributed by atoms with van der Waals surface area (Å²) in [4.78, 5) is 0. The van der Waals surface area contributed by atoms with Gasteiger partial charge in [0.25, 0.3) is 0 Å². The molecule has 3 rings (SSSR count). The monoisotopic (exact) mass is 374 g/mol. The zero-order valence-corrected chi connectivity index (χ0v) is 19.4. The molecule has 0 nitrogen and oxygen atoms in total. The second kappa shape index (κ2) is 8.02. The van der Waals surface area contributed by atoms with E-state index in [4.69, 9.17) is 0 Å². The molecule has 2 aromatic rings. The lowest BCUT2D eigenvalue weighted by Crippen LogP contribution is -2.35. The number of rotatable bonds is 6. The molecule has 0 bridgehead atoms. The molecule has 0 N–H and O–H groups in total. The largest absolute Gasteiger partial charge is 0.0843 e. The second-order valence-corrected chi connectivity index (χ2v) is 10.3. The molecule has 0 heterocycles. The summed E-state index contributed by atoms with van der Waals surface area (Å²) in [7, 11) is -0.527. The molecule has 1 aliphatic rings. The van der Waals surface area contributed by atoms with Crippen molar-refractivity contribution in [3.8, 4) is 0 Å². The Morgan fingerprint density at radius 2 is 1.44 bits per heavy atom. The van der Waals surface area contributed by atoms with Crippen LogP contribution < -0.4 is 5.19 Å². The number of hydrogen-bond donors (Lipinski definition) is 0. The maximum atomic E-state index is 2.43. The molecule has 0 amide bonds. The zero-order chi connectivity index (χ0) is 19.6. The normalized spacial score (nSPS) is 20.4. The molecule has 0 saturated heterocycles. The summed E-state index contributed by atoms with van der Waals surface area (Å²) in [5.74, 6) is 0. The lowest BCUT2D eigenvalue weighted by Gasteiger charge is -2.36. The second-order valence-electron chi connectivity index (χ2n) is 8.40. The van der Waals surface area contributed by atoms with Crippen LogP contribution in [0.15, 0.2) is 70.4 Å². The molecular formula is C26H34Si. The van der Waals surface area contributed by atoms with E-state index in [1.54, 1.807) is 21.5 Å². The van der Waals surface area contributed by atoms with Gasteiger partial charge in [0, 0.05) is 5.41 Å². The van der Waals surface area contributed by atoms with Crippen LogP contribution in [0.2, 0.25) is 0 Å². The molecule has 0 spiro atoms. The van der Waals surface area contributed by atoms with Crippen LogP contribution in [0.3, 0.4) is 0 Å². The van der Waals surface area contributed by atoms with E-state index >= 15 is 0 Å². The number of hydrogen-bond acceptors (Lipinski definition) is 0. The van der Waals surface area contributed by atoms with Gasteiger partial charge in [0.15, 0.2) is 0 Å². The molecule has 142 valence electrons. The van der Waals surface area contributed by atoms with Gasteiger partial charge in [-0.3, -0.25) is 0 Å². The summed E-state index contributed by atoms with van der Waals surface area (Å²) >= 11 is 0. The third-order valence-corrected chi connectivity index (χ3v) is 8.87. The quantitative estimate of drug-likeness (QED) is 0.556. The van der Waals surface area contributed by atoms with E-state index in [1.807, 2.05) is 0 Å². The molecule has 2 aromatic carbocycles. The highest BCUT2D eigenvalue weighted by atomic mass is 28.2. The number of allylic oxidation sites excluding steroid dienone is 4. The van der Waals surface area contributed by atoms with E-state index in [-0.39, 0.29) is 5.41 Å². The molecule has 27 heavy (non-hydrogen) atoms. The Morgan fingerprint density at radius 1 is 0.815 bits per heavy atom. The average molecular weight is 375 g/mol. The van der Waals surface area contributed by atoms with Gasteiger partial charge in [0.2, 0.25) is 0 Å². The molecule has 0 aromatic heterocycles. The topological polar surface area (TPSA) is 0 Å². The summed E-state index contributed by atoms with van der Waals surface area (Å²) < 4.78 is 0. The van der Waals surface area contributed by atoms with E-state index < -0.39 is 9.52 Å². The molecule has 0 saturated carbocycles. The van der Waals surface area contributed by atoms with Gasteiger partial charge in [-0.1, -0.05) is 101 Å². The van der Waals surface area contributed by atoms with Crippen LogP contribution in [0.4, 0.5) is 0 Å². The number of benzene rings is 2. The van der Waals surface area contributed by atoms with Crippen molar-refractivity contribution in [2.75, 3.05) is 0 Å². The van der Waals surface area contributed by atoms with E-state index in [1.165, 1.54) is 41.5 Å². The van der Waals surface area contributed by atoms with Gasteiger partial charge in [-0.05, 0) is 52.2 Å². The van der Waals surface area contributed by atoms with Crippen molar-refractivity contribution < 1.29 is 0 Å². The SMILES string of the molecule is CCCCC1(c2ccccc2)C(C)=C(C)C(C)=C1[SiH2]c1cc(C)cc(C)c1. The highest BCUT2D eigenvalue weighted by Crippen LogP contribution is 2.51. The lowest BCUT2D eigenvalue weighted by molar-refractivity contribution is 0.530. The van der Waals surface area contributed by atoms with Crippen molar-refractivity contribution in [1.29, 1.82) is 0 Å². The maximum absolute atomic E-state index is 2.43. The molecule has 0 fully saturated rings.